The molecule has 2 N–H and O–H groups in total. The Balaban J connectivity index is 2.61. The summed E-state index contributed by atoms with van der Waals surface area (Å²) in [6.45, 7) is 0.589. The van der Waals surface area contributed by atoms with Crippen LogP contribution in [0.15, 0.2) is 28.7 Å². The maximum absolute atomic E-state index is 8.58. The Hall–Kier alpha value is -0.450. The third-order valence-corrected chi connectivity index (χ3v) is 2.41. The third kappa shape index (κ3) is 3.42. The highest BCUT2D eigenvalue weighted by Crippen LogP contribution is 2.10. The molecule has 0 spiro atoms. The van der Waals surface area contributed by atoms with Gasteiger partial charge in [-0.1, -0.05) is 40.3 Å². The number of aliphatic hydroxyl groups is 1. The normalized spacial score (nSPS) is 9.69. The molecule has 0 bridgehead atoms. The molecule has 0 aromatic heterocycles. The average molecular weight is 260 g/mol. The molecule has 0 atom stereocenters. The summed E-state index contributed by atoms with van der Waals surface area (Å²) < 4.78 is 1.03. The number of nitrogens with one attached hydrogen (secondary N) is 1. The molecule has 1 rings (SSSR count). The van der Waals surface area contributed by atoms with Crippen molar-refractivity contribution in [1.82, 2.24) is 5.32 Å². The van der Waals surface area contributed by atoms with Crippen molar-refractivity contribution in [1.29, 1.82) is 0 Å². The van der Waals surface area contributed by atoms with Crippen molar-refractivity contribution in [3.63, 3.8) is 0 Å². The Labute approximate surface area is 91.1 Å². The Morgan fingerprint density at radius 1 is 1.38 bits per heavy atom. The lowest BCUT2D eigenvalue weighted by Crippen LogP contribution is -2.25. The zero-order chi connectivity index (χ0) is 9.68. The van der Waals surface area contributed by atoms with Crippen molar-refractivity contribution in [3.8, 4) is 0 Å². The first-order valence-corrected chi connectivity index (χ1v) is 5.09. The van der Waals surface area contributed by atoms with Gasteiger partial charge < -0.3 is 10.4 Å². The van der Waals surface area contributed by atoms with Crippen molar-refractivity contribution in [2.24, 2.45) is 0 Å². The molecule has 0 saturated heterocycles. The van der Waals surface area contributed by atoms with E-state index < -0.39 is 0 Å². The Morgan fingerprint density at radius 2 is 2.00 bits per heavy atom. The van der Waals surface area contributed by atoms with Crippen LogP contribution < -0.4 is 5.32 Å². The number of rotatable bonds is 3. The Bertz CT molecular complexity index is 286. The van der Waals surface area contributed by atoms with E-state index in [1.54, 1.807) is 0 Å². The van der Waals surface area contributed by atoms with Crippen LogP contribution in [0, 0.1) is 0 Å². The topological polar surface area (TPSA) is 32.3 Å². The largest absolute Gasteiger partial charge is 0.395 e. The molecule has 0 amide bonds. The molecule has 0 fully saturated rings. The first-order chi connectivity index (χ1) is 6.24. The number of hydrogen-bond donors (Lipinski definition) is 2. The summed E-state index contributed by atoms with van der Waals surface area (Å²) in [6.07, 6.45) is 0. The molecule has 0 aliphatic carbocycles. The van der Waals surface area contributed by atoms with Crippen LogP contribution in [-0.2, 0) is 0 Å². The van der Waals surface area contributed by atoms with Crippen molar-refractivity contribution < 1.29 is 5.11 Å². The summed E-state index contributed by atoms with van der Waals surface area (Å²) in [5.41, 5.74) is 0.964. The van der Waals surface area contributed by atoms with Gasteiger partial charge in [0.1, 0.15) is 4.99 Å². The predicted molar refractivity (Wildman–Crippen MR) is 60.9 cm³/mol. The van der Waals surface area contributed by atoms with Crippen molar-refractivity contribution in [2.45, 2.75) is 0 Å². The van der Waals surface area contributed by atoms with Gasteiger partial charge in [0.05, 0.1) is 6.61 Å². The molecular weight excluding hydrogens is 250 g/mol. The number of halogens is 1. The lowest BCUT2D eigenvalue weighted by atomic mass is 10.2. The van der Waals surface area contributed by atoms with Crippen LogP contribution in [0.2, 0.25) is 0 Å². The zero-order valence-electron chi connectivity index (χ0n) is 6.96. The van der Waals surface area contributed by atoms with Gasteiger partial charge in [-0.3, -0.25) is 0 Å². The number of thiocarbonyl (C=S) groups is 1. The molecule has 1 aromatic rings. The molecule has 0 saturated carbocycles. The molecule has 0 aliphatic rings. The molecule has 0 aliphatic heterocycles. The lowest BCUT2D eigenvalue weighted by molar-refractivity contribution is 0.301. The summed E-state index contributed by atoms with van der Waals surface area (Å²) >= 11 is 8.44. The summed E-state index contributed by atoms with van der Waals surface area (Å²) in [5.74, 6) is 0. The molecule has 0 radical (unpaired) electrons. The van der Waals surface area contributed by atoms with Gasteiger partial charge in [-0.25, -0.2) is 0 Å². The minimum atomic E-state index is 0.0939. The van der Waals surface area contributed by atoms with E-state index in [0.717, 1.165) is 10.0 Å². The van der Waals surface area contributed by atoms with Gasteiger partial charge in [0.15, 0.2) is 0 Å². The minimum Gasteiger partial charge on any atom is -0.395 e. The van der Waals surface area contributed by atoms with E-state index in [1.807, 2.05) is 24.3 Å². The van der Waals surface area contributed by atoms with E-state index in [-0.39, 0.29) is 6.61 Å². The Kier molecular flexibility index (Phi) is 4.35. The van der Waals surface area contributed by atoms with Crippen LogP contribution in [0.3, 0.4) is 0 Å². The maximum Gasteiger partial charge on any atom is 0.106 e. The number of benzene rings is 1. The Morgan fingerprint density at radius 3 is 2.54 bits per heavy atom. The second-order valence-electron chi connectivity index (χ2n) is 2.49. The van der Waals surface area contributed by atoms with Crippen LogP contribution in [0.5, 0.6) is 0 Å². The second-order valence-corrected chi connectivity index (χ2v) is 3.81. The first kappa shape index (κ1) is 10.6. The van der Waals surface area contributed by atoms with Gasteiger partial charge in [0.2, 0.25) is 0 Å². The fraction of sp³-hybridized carbons (Fsp3) is 0.222. The van der Waals surface area contributed by atoms with Crippen LogP contribution in [0.1, 0.15) is 5.56 Å². The average Bonchev–Trinajstić information content (AvgIpc) is 2.15. The fourth-order valence-electron chi connectivity index (χ4n) is 0.873. The molecule has 2 nitrogen and oxygen atoms in total. The van der Waals surface area contributed by atoms with Crippen LogP contribution in [0.25, 0.3) is 0 Å². The van der Waals surface area contributed by atoms with E-state index in [2.05, 4.69) is 21.2 Å². The first-order valence-electron chi connectivity index (χ1n) is 3.88. The smallest absolute Gasteiger partial charge is 0.106 e. The number of aliphatic hydroxyl groups excluding tert-OH is 1. The second kappa shape index (κ2) is 5.32. The third-order valence-electron chi connectivity index (χ3n) is 1.50. The highest BCUT2D eigenvalue weighted by atomic mass is 79.9. The molecule has 70 valence electrons. The van der Waals surface area contributed by atoms with Gasteiger partial charge in [0.25, 0.3) is 0 Å². The van der Waals surface area contributed by atoms with E-state index in [0.29, 0.717) is 11.5 Å². The maximum atomic E-state index is 8.58. The van der Waals surface area contributed by atoms with Crippen molar-refractivity contribution >= 4 is 33.1 Å². The van der Waals surface area contributed by atoms with Crippen LogP contribution >= 0.6 is 28.1 Å². The van der Waals surface area contributed by atoms with E-state index >= 15 is 0 Å². The standard InChI is InChI=1S/C9H10BrNOS/c10-8-3-1-7(2-4-8)9(13)11-5-6-12/h1-4,12H,5-6H2,(H,11,13). The van der Waals surface area contributed by atoms with Crippen molar-refractivity contribution in [2.75, 3.05) is 13.2 Å². The minimum absolute atomic E-state index is 0.0939. The van der Waals surface area contributed by atoms with Gasteiger partial charge in [-0.2, -0.15) is 0 Å². The summed E-state index contributed by atoms with van der Waals surface area (Å²) in [4.78, 5) is 0.668. The highest BCUT2D eigenvalue weighted by molar-refractivity contribution is 9.10. The number of hydrogen-bond acceptors (Lipinski definition) is 2. The summed E-state index contributed by atoms with van der Waals surface area (Å²) in [7, 11) is 0. The van der Waals surface area contributed by atoms with Crippen molar-refractivity contribution in [3.05, 3.63) is 34.3 Å². The predicted octanol–water partition coefficient (Wildman–Crippen LogP) is 1.71. The molecular formula is C9H10BrNOS. The van der Waals surface area contributed by atoms with Gasteiger partial charge >= 0.3 is 0 Å². The van der Waals surface area contributed by atoms with Gasteiger partial charge in [-0.05, 0) is 12.1 Å². The molecule has 4 heteroatoms. The highest BCUT2D eigenvalue weighted by Gasteiger charge is 1.98. The van der Waals surface area contributed by atoms with Gasteiger partial charge in [0, 0.05) is 16.6 Å². The summed E-state index contributed by atoms with van der Waals surface area (Å²) in [6, 6.07) is 7.72. The molecule has 1 aromatic carbocycles. The molecule has 13 heavy (non-hydrogen) atoms. The van der Waals surface area contributed by atoms with E-state index in [9.17, 15) is 0 Å². The SMILES string of the molecule is OCCNC(=S)c1ccc(Br)cc1. The fourth-order valence-corrected chi connectivity index (χ4v) is 1.38. The van der Waals surface area contributed by atoms with Gasteiger partial charge in [-0.15, -0.1) is 0 Å². The quantitative estimate of drug-likeness (QED) is 0.811. The van der Waals surface area contributed by atoms with E-state index in [1.165, 1.54) is 0 Å². The lowest BCUT2D eigenvalue weighted by Gasteiger charge is -2.05. The molecule has 0 heterocycles. The summed E-state index contributed by atoms with van der Waals surface area (Å²) in [5, 5.41) is 11.5. The van der Waals surface area contributed by atoms with Crippen LogP contribution in [0.4, 0.5) is 0 Å². The van der Waals surface area contributed by atoms with Crippen LogP contribution in [-0.4, -0.2) is 23.2 Å². The molecule has 0 unspecified atom stereocenters. The van der Waals surface area contributed by atoms with E-state index in [4.69, 9.17) is 17.3 Å². The zero-order valence-corrected chi connectivity index (χ0v) is 9.36. The monoisotopic (exact) mass is 259 g/mol.